The molecule has 19 heavy (non-hydrogen) atoms. The minimum Gasteiger partial charge on any atom is -0.351 e. The summed E-state index contributed by atoms with van der Waals surface area (Å²) < 4.78 is 0. The second-order valence-corrected chi connectivity index (χ2v) is 5.76. The number of halogens is 3. The predicted molar refractivity (Wildman–Crippen MR) is 82.5 cm³/mol. The molecular weight excluding hydrogens is 305 g/mol. The third kappa shape index (κ3) is 4.27. The van der Waals surface area contributed by atoms with Gasteiger partial charge in [0.2, 0.25) is 0 Å². The van der Waals surface area contributed by atoms with Crippen LogP contribution < -0.4 is 5.32 Å². The van der Waals surface area contributed by atoms with Crippen LogP contribution in [0.5, 0.6) is 0 Å². The fourth-order valence-corrected chi connectivity index (χ4v) is 2.74. The SMILES string of the molecule is CCC(CC)(CCl)CNC(=O)c1ccc(Cl)cc1Cl. The summed E-state index contributed by atoms with van der Waals surface area (Å²) in [6.45, 7) is 4.70. The molecular formula is C14H18Cl3NO. The summed E-state index contributed by atoms with van der Waals surface area (Å²) in [6, 6.07) is 4.84. The van der Waals surface area contributed by atoms with E-state index in [0.717, 1.165) is 12.8 Å². The molecule has 0 aliphatic heterocycles. The molecule has 1 aromatic rings. The number of amides is 1. The molecule has 2 nitrogen and oxygen atoms in total. The molecule has 0 aromatic heterocycles. The van der Waals surface area contributed by atoms with Crippen molar-refractivity contribution < 1.29 is 4.79 Å². The first-order chi connectivity index (χ1) is 8.98. The Hall–Kier alpha value is -0.440. The topological polar surface area (TPSA) is 29.1 Å². The van der Waals surface area contributed by atoms with Crippen molar-refractivity contribution in [3.63, 3.8) is 0 Å². The molecule has 0 aliphatic carbocycles. The van der Waals surface area contributed by atoms with E-state index in [2.05, 4.69) is 19.2 Å². The van der Waals surface area contributed by atoms with Gasteiger partial charge in [0.05, 0.1) is 10.6 Å². The molecule has 0 fully saturated rings. The lowest BCUT2D eigenvalue weighted by molar-refractivity contribution is 0.0932. The zero-order valence-corrected chi connectivity index (χ0v) is 13.4. The van der Waals surface area contributed by atoms with Gasteiger partial charge in [0.1, 0.15) is 0 Å². The molecule has 0 saturated carbocycles. The number of carbonyl (C=O) groups is 1. The Labute approximate surface area is 129 Å². The lowest BCUT2D eigenvalue weighted by Crippen LogP contribution is -2.38. The minimum atomic E-state index is -0.196. The number of hydrogen-bond donors (Lipinski definition) is 1. The normalized spacial score (nSPS) is 11.4. The van der Waals surface area contributed by atoms with Crippen LogP contribution in [0.25, 0.3) is 0 Å². The number of rotatable bonds is 6. The summed E-state index contributed by atoms with van der Waals surface area (Å²) in [5.41, 5.74) is 0.373. The number of nitrogens with one attached hydrogen (secondary N) is 1. The van der Waals surface area contributed by atoms with Crippen molar-refractivity contribution in [3.8, 4) is 0 Å². The Balaban J connectivity index is 2.75. The second kappa shape index (κ2) is 7.37. The highest BCUT2D eigenvalue weighted by Gasteiger charge is 2.26. The van der Waals surface area contributed by atoms with Gasteiger partial charge in [0.15, 0.2) is 0 Å². The Morgan fingerprint density at radius 1 is 1.26 bits per heavy atom. The highest BCUT2D eigenvalue weighted by Crippen LogP contribution is 2.27. The van der Waals surface area contributed by atoms with Crippen LogP contribution in [-0.2, 0) is 0 Å². The van der Waals surface area contributed by atoms with Crippen LogP contribution in [0, 0.1) is 5.41 Å². The smallest absolute Gasteiger partial charge is 0.252 e. The lowest BCUT2D eigenvalue weighted by atomic mass is 9.84. The van der Waals surface area contributed by atoms with Crippen molar-refractivity contribution in [2.45, 2.75) is 26.7 Å². The molecule has 0 aliphatic rings. The maximum atomic E-state index is 12.1. The first-order valence-corrected chi connectivity index (χ1v) is 7.56. The molecule has 0 saturated heterocycles. The summed E-state index contributed by atoms with van der Waals surface area (Å²) >= 11 is 17.8. The van der Waals surface area contributed by atoms with Crippen LogP contribution in [0.3, 0.4) is 0 Å². The number of alkyl halides is 1. The number of carbonyl (C=O) groups excluding carboxylic acids is 1. The lowest BCUT2D eigenvalue weighted by Gasteiger charge is -2.29. The van der Waals surface area contributed by atoms with Gasteiger partial charge in [0, 0.05) is 22.9 Å². The molecule has 0 heterocycles. The molecule has 1 rings (SSSR count). The summed E-state index contributed by atoms with van der Waals surface area (Å²) in [6.07, 6.45) is 1.84. The average Bonchev–Trinajstić information content (AvgIpc) is 2.40. The van der Waals surface area contributed by atoms with E-state index in [-0.39, 0.29) is 11.3 Å². The van der Waals surface area contributed by atoms with E-state index < -0.39 is 0 Å². The monoisotopic (exact) mass is 321 g/mol. The maximum absolute atomic E-state index is 12.1. The molecule has 1 amide bonds. The summed E-state index contributed by atoms with van der Waals surface area (Å²) in [7, 11) is 0. The molecule has 106 valence electrons. The van der Waals surface area contributed by atoms with E-state index >= 15 is 0 Å². The van der Waals surface area contributed by atoms with Crippen molar-refractivity contribution in [1.29, 1.82) is 0 Å². The number of hydrogen-bond acceptors (Lipinski definition) is 1. The fourth-order valence-electron chi connectivity index (χ4n) is 1.77. The van der Waals surface area contributed by atoms with Crippen molar-refractivity contribution in [3.05, 3.63) is 33.8 Å². The minimum absolute atomic E-state index is 0.0594. The third-order valence-electron chi connectivity index (χ3n) is 3.58. The number of benzene rings is 1. The highest BCUT2D eigenvalue weighted by atomic mass is 35.5. The van der Waals surface area contributed by atoms with E-state index in [1.807, 2.05) is 0 Å². The standard InChI is InChI=1S/C14H18Cl3NO/c1-3-14(4-2,8-15)9-18-13(19)11-6-5-10(16)7-12(11)17/h5-7H,3-4,8-9H2,1-2H3,(H,18,19). The highest BCUT2D eigenvalue weighted by molar-refractivity contribution is 6.36. The second-order valence-electron chi connectivity index (χ2n) is 4.65. The van der Waals surface area contributed by atoms with Gasteiger partial charge in [-0.2, -0.15) is 0 Å². The van der Waals surface area contributed by atoms with E-state index in [0.29, 0.717) is 28.0 Å². The van der Waals surface area contributed by atoms with Gasteiger partial charge in [-0.15, -0.1) is 11.6 Å². The van der Waals surface area contributed by atoms with Gasteiger partial charge in [-0.1, -0.05) is 37.0 Å². The van der Waals surface area contributed by atoms with Crippen LogP contribution in [0.15, 0.2) is 18.2 Å². The Morgan fingerprint density at radius 2 is 1.89 bits per heavy atom. The summed E-state index contributed by atoms with van der Waals surface area (Å²) in [4.78, 5) is 12.1. The summed E-state index contributed by atoms with van der Waals surface area (Å²) in [5, 5.41) is 3.77. The first-order valence-electron chi connectivity index (χ1n) is 6.27. The van der Waals surface area contributed by atoms with Gasteiger partial charge in [-0.05, 0) is 31.0 Å². The Morgan fingerprint density at radius 3 is 2.37 bits per heavy atom. The van der Waals surface area contributed by atoms with Gasteiger partial charge in [0.25, 0.3) is 5.91 Å². The molecule has 1 aromatic carbocycles. The van der Waals surface area contributed by atoms with E-state index in [4.69, 9.17) is 34.8 Å². The Bertz CT molecular complexity index is 436. The predicted octanol–water partition coefficient (Wildman–Crippen LogP) is 4.77. The largest absolute Gasteiger partial charge is 0.351 e. The molecule has 0 bridgehead atoms. The van der Waals surface area contributed by atoms with Crippen LogP contribution in [-0.4, -0.2) is 18.3 Å². The van der Waals surface area contributed by atoms with Crippen LogP contribution in [0.1, 0.15) is 37.0 Å². The van der Waals surface area contributed by atoms with E-state index in [1.54, 1.807) is 18.2 Å². The molecule has 5 heteroatoms. The van der Waals surface area contributed by atoms with Gasteiger partial charge < -0.3 is 5.32 Å². The quantitative estimate of drug-likeness (QED) is 0.751. The van der Waals surface area contributed by atoms with Gasteiger partial charge in [-0.3, -0.25) is 4.79 Å². The molecule has 0 unspecified atom stereocenters. The third-order valence-corrected chi connectivity index (χ3v) is 4.70. The Kier molecular flexibility index (Phi) is 6.45. The zero-order chi connectivity index (χ0) is 14.5. The first kappa shape index (κ1) is 16.6. The van der Waals surface area contributed by atoms with Crippen molar-refractivity contribution in [2.24, 2.45) is 5.41 Å². The molecule has 0 spiro atoms. The van der Waals surface area contributed by atoms with Crippen LogP contribution in [0.2, 0.25) is 10.0 Å². The van der Waals surface area contributed by atoms with Crippen molar-refractivity contribution in [1.82, 2.24) is 5.32 Å². The molecule has 0 atom stereocenters. The van der Waals surface area contributed by atoms with Crippen LogP contribution >= 0.6 is 34.8 Å². The van der Waals surface area contributed by atoms with E-state index in [9.17, 15) is 4.79 Å². The van der Waals surface area contributed by atoms with Gasteiger partial charge >= 0.3 is 0 Å². The maximum Gasteiger partial charge on any atom is 0.252 e. The van der Waals surface area contributed by atoms with Crippen LogP contribution in [0.4, 0.5) is 0 Å². The summed E-state index contributed by atoms with van der Waals surface area (Å²) in [5.74, 6) is 0.326. The molecule has 0 radical (unpaired) electrons. The fraction of sp³-hybridized carbons (Fsp3) is 0.500. The van der Waals surface area contributed by atoms with Crippen molar-refractivity contribution >= 4 is 40.7 Å². The average molecular weight is 323 g/mol. The van der Waals surface area contributed by atoms with Gasteiger partial charge in [-0.25, -0.2) is 0 Å². The van der Waals surface area contributed by atoms with Crippen molar-refractivity contribution in [2.75, 3.05) is 12.4 Å². The molecule has 1 N–H and O–H groups in total. The zero-order valence-electron chi connectivity index (χ0n) is 11.1. The van der Waals surface area contributed by atoms with E-state index in [1.165, 1.54) is 0 Å².